The summed E-state index contributed by atoms with van der Waals surface area (Å²) in [6, 6.07) is 153. The van der Waals surface area contributed by atoms with Crippen LogP contribution in [0.15, 0.2) is 406 Å². The van der Waals surface area contributed by atoms with Crippen molar-refractivity contribution in [3.8, 4) is 118 Å². The molecule has 0 spiro atoms. The Morgan fingerprint density at radius 1 is 0.167 bits per heavy atom. The van der Waals surface area contributed by atoms with Gasteiger partial charge < -0.3 is 22.8 Å². The van der Waals surface area contributed by atoms with Crippen LogP contribution in [-0.2, 0) is 16.2 Å². The minimum absolute atomic E-state index is 0.112. The summed E-state index contributed by atoms with van der Waals surface area (Å²) >= 11 is 0. The van der Waals surface area contributed by atoms with E-state index in [0.29, 0.717) is 5.82 Å². The summed E-state index contributed by atoms with van der Waals surface area (Å²) in [6.45, 7) is 14.2. The maximum Gasteiger partial charge on any atom is 0.160 e. The fourth-order valence-electron chi connectivity index (χ4n) is 23.9. The number of para-hydroxylation sites is 5. The van der Waals surface area contributed by atoms with Gasteiger partial charge in [0.25, 0.3) is 0 Å². The molecular formula is C125H85N7. The summed E-state index contributed by atoms with van der Waals surface area (Å²) in [5.74, 6) is 0.654. The third kappa shape index (κ3) is 10.6. The summed E-state index contributed by atoms with van der Waals surface area (Å²) < 4.78 is 12.3. The van der Waals surface area contributed by atoms with E-state index in [2.05, 4.69) is 471 Å². The van der Waals surface area contributed by atoms with Gasteiger partial charge in [-0.3, -0.25) is 0 Å². The molecule has 620 valence electrons. The number of hydrogen-bond acceptors (Lipinski definition) is 2. The number of hydrogen-bond donors (Lipinski definition) is 0. The number of rotatable bonds is 10. The molecular weight excluding hydrogens is 1600 g/mol. The molecule has 0 saturated heterocycles. The van der Waals surface area contributed by atoms with Crippen LogP contribution < -0.4 is 0 Å². The highest BCUT2D eigenvalue weighted by molar-refractivity contribution is 6.17. The Morgan fingerprint density at radius 2 is 0.424 bits per heavy atom. The van der Waals surface area contributed by atoms with Crippen LogP contribution in [0.4, 0.5) is 0 Å². The molecule has 6 aromatic heterocycles. The first-order valence-corrected chi connectivity index (χ1v) is 46.2. The monoisotopic (exact) mass is 1680 g/mol. The van der Waals surface area contributed by atoms with Crippen LogP contribution in [0.2, 0.25) is 0 Å². The van der Waals surface area contributed by atoms with Crippen LogP contribution in [0.5, 0.6) is 0 Å². The van der Waals surface area contributed by atoms with Gasteiger partial charge in [-0.1, -0.05) is 284 Å². The van der Waals surface area contributed by atoms with Crippen molar-refractivity contribution in [2.24, 2.45) is 0 Å². The van der Waals surface area contributed by atoms with Gasteiger partial charge in [0.1, 0.15) is 0 Å². The van der Waals surface area contributed by atoms with Crippen LogP contribution in [0.25, 0.3) is 238 Å². The third-order valence-electron chi connectivity index (χ3n) is 30.3. The normalized spacial score (nSPS) is 13.9. The van der Waals surface area contributed by atoms with Crippen LogP contribution in [-0.4, -0.2) is 32.8 Å². The zero-order chi connectivity index (χ0) is 87.5. The molecule has 0 N–H and O–H groups in total. The smallest absolute Gasteiger partial charge is 0.160 e. The van der Waals surface area contributed by atoms with Crippen molar-refractivity contribution in [1.82, 2.24) is 32.8 Å². The van der Waals surface area contributed by atoms with Crippen LogP contribution in [0, 0.1) is 0 Å². The summed E-state index contributed by atoms with van der Waals surface area (Å²) in [6.07, 6.45) is 0. The van der Waals surface area contributed by atoms with Gasteiger partial charge in [0.15, 0.2) is 5.82 Å². The van der Waals surface area contributed by atoms with Crippen LogP contribution in [0.3, 0.4) is 0 Å². The number of aromatic nitrogens is 7. The molecule has 28 rings (SSSR count). The van der Waals surface area contributed by atoms with Gasteiger partial charge in [-0.05, 0) is 264 Å². The fourth-order valence-corrected chi connectivity index (χ4v) is 23.9. The number of nitrogens with zero attached hydrogens (tertiary/aromatic N) is 7. The molecule has 3 aliphatic rings. The van der Waals surface area contributed by atoms with Gasteiger partial charge in [0.05, 0.1) is 66.4 Å². The lowest BCUT2D eigenvalue weighted by atomic mass is 9.82. The van der Waals surface area contributed by atoms with Gasteiger partial charge in [-0.25, -0.2) is 9.97 Å². The Morgan fingerprint density at radius 3 is 0.765 bits per heavy atom. The Balaban J connectivity index is 0.557. The van der Waals surface area contributed by atoms with Crippen molar-refractivity contribution in [3.05, 3.63) is 440 Å². The first-order chi connectivity index (χ1) is 64.7. The first kappa shape index (κ1) is 74.6. The maximum absolute atomic E-state index is 5.70. The molecule has 0 saturated carbocycles. The lowest BCUT2D eigenvalue weighted by Gasteiger charge is -2.22. The standard InChI is InChI=1S/C125H85N7/c1-123(2)104-37-15-7-29-87(104)90-54-51-84(71-107(90)123)130-112-42-20-12-33-94(112)99-66-75(46-58-116(99)130)74-45-57-115-98(65-74)93-32-11-19-41-111(93)128(115)83-28-24-26-81(64-83)122-126-110-40-18-10-36-97(110)121(127-122)80-25-23-27-82(63-80)129-119-61-49-78(76-47-59-117-100(67-76)95-34-13-21-43-113(95)131(117)85-52-55-91-88-30-8-16-38-105(88)124(3,4)108(91)72-85)69-102(119)103-70-79(50-62-120(103)129)77-48-60-118-101(68-77)96-35-14-22-44-114(96)132(118)86-53-56-92-89-31-9-17-39-106(89)125(5,6)109(92)73-86/h7-73H,1-6H3. The van der Waals surface area contributed by atoms with Gasteiger partial charge in [-0.2, -0.15) is 0 Å². The topological polar surface area (TPSA) is 50.4 Å². The quantitative estimate of drug-likeness (QED) is 0.137. The molecule has 0 fully saturated rings. The average molecular weight is 1690 g/mol. The van der Waals surface area contributed by atoms with E-state index in [1.165, 1.54) is 171 Å². The molecule has 0 unspecified atom stereocenters. The lowest BCUT2D eigenvalue weighted by Crippen LogP contribution is -2.15. The molecule has 6 heterocycles. The molecule has 0 amide bonds. The Bertz CT molecular complexity index is 9120. The van der Waals surface area contributed by atoms with Gasteiger partial charge in [-0.15, -0.1) is 0 Å². The molecule has 0 radical (unpaired) electrons. The average Bonchev–Trinajstić information content (AvgIpc) is 1.56. The summed E-state index contributed by atoms with van der Waals surface area (Å²) in [7, 11) is 0. The number of fused-ring (bicyclic) bond motifs is 25. The van der Waals surface area contributed by atoms with Crippen molar-refractivity contribution in [2.45, 2.75) is 57.8 Å². The summed E-state index contributed by atoms with van der Waals surface area (Å²) in [4.78, 5) is 11.1. The minimum Gasteiger partial charge on any atom is -0.309 e. The fraction of sp³-hybridized carbons (Fsp3) is 0.0720. The minimum atomic E-state index is -0.134. The van der Waals surface area contributed by atoms with E-state index < -0.39 is 0 Å². The molecule has 3 aliphatic carbocycles. The van der Waals surface area contributed by atoms with E-state index in [4.69, 9.17) is 9.97 Å². The highest BCUT2D eigenvalue weighted by atomic mass is 15.0. The Kier molecular flexibility index (Phi) is 15.4. The molecule has 0 aliphatic heterocycles. The van der Waals surface area contributed by atoms with Crippen molar-refractivity contribution in [3.63, 3.8) is 0 Å². The van der Waals surface area contributed by atoms with Crippen LogP contribution in [0.1, 0.15) is 74.9 Å². The second-order valence-corrected chi connectivity index (χ2v) is 38.4. The zero-order valence-corrected chi connectivity index (χ0v) is 73.8. The SMILES string of the molecule is CC1(C)c2ccccc2-c2ccc(-n3c4ccccc4c4cc(-c5ccc6c(c5)c5ccccc5n6-c5cccc(-c6nc(-c7cccc(-n8c9ccc(-c%10ccc%11c(c%10)c%10ccccc%10n%11-c%10ccc%11c(c%10)C(C)(C)c%10ccccc%10-%11)cc9c9cc(-c%10ccc%11c(c%10)c%10ccccc%10n%11-c%10ccc%11c(c%10)C(C)(C)c%10ccccc%10-%11)ccc98)c7)c7ccccc7n6)c5)ccc43)cc21. The van der Waals surface area contributed by atoms with E-state index in [-0.39, 0.29) is 16.2 Å². The van der Waals surface area contributed by atoms with Gasteiger partial charge >= 0.3 is 0 Å². The summed E-state index contributed by atoms with van der Waals surface area (Å²) in [5.41, 5.74) is 43.6. The third-order valence-corrected chi connectivity index (χ3v) is 30.3. The van der Waals surface area contributed by atoms with Crippen molar-refractivity contribution in [2.75, 3.05) is 0 Å². The highest BCUT2D eigenvalue weighted by Gasteiger charge is 2.39. The van der Waals surface area contributed by atoms with E-state index in [1.54, 1.807) is 0 Å². The molecule has 0 bridgehead atoms. The number of benzene rings is 19. The molecule has 0 atom stereocenters. The van der Waals surface area contributed by atoms with E-state index >= 15 is 0 Å². The zero-order valence-electron chi connectivity index (χ0n) is 73.8. The van der Waals surface area contributed by atoms with E-state index in [9.17, 15) is 0 Å². The Labute approximate surface area is 762 Å². The predicted octanol–water partition coefficient (Wildman–Crippen LogP) is 32.4. The molecule has 132 heavy (non-hydrogen) atoms. The van der Waals surface area contributed by atoms with Crippen LogP contribution >= 0.6 is 0 Å². The van der Waals surface area contributed by atoms with Crippen molar-refractivity contribution >= 4 is 120 Å². The maximum atomic E-state index is 5.70. The summed E-state index contributed by atoms with van der Waals surface area (Å²) in [5, 5.41) is 13.0. The lowest BCUT2D eigenvalue weighted by molar-refractivity contribution is 0.660. The van der Waals surface area contributed by atoms with E-state index in [1.807, 2.05) is 0 Å². The van der Waals surface area contributed by atoms with Gasteiger partial charge in [0, 0.05) is 115 Å². The van der Waals surface area contributed by atoms with Crippen molar-refractivity contribution < 1.29 is 0 Å². The highest BCUT2D eigenvalue weighted by Crippen LogP contribution is 2.55. The second kappa shape index (κ2) is 27.3. The van der Waals surface area contributed by atoms with Gasteiger partial charge in [0.2, 0.25) is 0 Å². The molecule has 25 aromatic rings. The largest absolute Gasteiger partial charge is 0.309 e. The molecule has 7 heteroatoms. The van der Waals surface area contributed by atoms with E-state index in [0.717, 1.165) is 94.2 Å². The Hall–Kier alpha value is -16.5. The van der Waals surface area contributed by atoms with Crippen molar-refractivity contribution in [1.29, 1.82) is 0 Å². The molecule has 7 nitrogen and oxygen atoms in total. The first-order valence-electron chi connectivity index (χ1n) is 46.2. The predicted molar refractivity (Wildman–Crippen MR) is 551 cm³/mol. The second-order valence-electron chi connectivity index (χ2n) is 38.4. The molecule has 19 aromatic carbocycles.